The largest absolute Gasteiger partial charge is 0.414 e. The van der Waals surface area contributed by atoms with Crippen molar-refractivity contribution in [3.63, 3.8) is 0 Å². The van der Waals surface area contributed by atoms with Crippen LogP contribution in [0.3, 0.4) is 0 Å². The van der Waals surface area contributed by atoms with Gasteiger partial charge in [-0.15, -0.1) is 6.58 Å². The molecule has 0 saturated carbocycles. The number of imidazole rings is 1. The normalized spacial score (nSPS) is 25.3. The highest BCUT2D eigenvalue weighted by Gasteiger charge is 2.60. The summed E-state index contributed by atoms with van der Waals surface area (Å²) in [7, 11) is -5.55. The number of hydrogen-bond acceptors (Lipinski definition) is 8. The molecule has 2 aliphatic heterocycles. The van der Waals surface area contributed by atoms with E-state index in [0.29, 0.717) is 13.0 Å². The number of rotatable bonds is 7. The highest BCUT2D eigenvalue weighted by Crippen LogP contribution is 2.48. The third-order valence-corrected chi connectivity index (χ3v) is 18.2. The molecule has 0 spiro atoms. The van der Waals surface area contributed by atoms with Crippen LogP contribution in [-0.4, -0.2) is 55.0 Å². The maximum absolute atomic E-state index is 13.6. The van der Waals surface area contributed by atoms with Gasteiger partial charge in [0, 0.05) is 13.0 Å². The molecule has 4 heterocycles. The number of hydrogen-bond donors (Lipinski definition) is 2. The first-order chi connectivity index (χ1) is 17.8. The van der Waals surface area contributed by atoms with Crippen molar-refractivity contribution in [3.05, 3.63) is 33.5 Å². The average Bonchev–Trinajstić information content (AvgIpc) is 3.30. The van der Waals surface area contributed by atoms with E-state index in [1.54, 1.807) is 6.08 Å². The molecule has 0 bridgehead atoms. The van der Waals surface area contributed by atoms with Crippen LogP contribution in [-0.2, 0) is 24.2 Å². The molecule has 0 aromatic carbocycles. The molecule has 0 unspecified atom stereocenters. The quantitative estimate of drug-likeness (QED) is 0.381. The van der Waals surface area contributed by atoms with Gasteiger partial charge in [-0.2, -0.15) is 4.98 Å². The van der Waals surface area contributed by atoms with Gasteiger partial charge >= 0.3 is 22.8 Å². The fraction of sp³-hybridized carbons (Fsp3) is 0.720. The molecule has 2 aliphatic rings. The Labute approximate surface area is 225 Å². The first-order valence-corrected chi connectivity index (χ1v) is 17.5. The molecule has 3 N–H and O–H groups in total. The van der Waals surface area contributed by atoms with Gasteiger partial charge in [-0.1, -0.05) is 61.5 Å². The van der Waals surface area contributed by atoms with E-state index in [4.69, 9.17) is 23.4 Å². The lowest BCUT2D eigenvalue weighted by atomic mass is 10.2. The minimum Gasteiger partial charge on any atom is -0.414 e. The van der Waals surface area contributed by atoms with E-state index >= 15 is 0 Å². The minimum absolute atomic E-state index is 0.0697. The number of fused-ring (bicyclic) bond motifs is 2. The summed E-state index contributed by atoms with van der Waals surface area (Å²) in [4.78, 5) is 33.2. The Hall–Kier alpha value is -2.04. The van der Waals surface area contributed by atoms with Crippen LogP contribution >= 0.6 is 0 Å². The summed E-state index contributed by atoms with van der Waals surface area (Å²) in [5.74, 6) is -0.0697. The Bertz CT molecular complexity index is 1280. The fourth-order valence-electron chi connectivity index (χ4n) is 6.05. The summed E-state index contributed by atoms with van der Waals surface area (Å²) in [6.07, 6.45) is 0.507. The van der Waals surface area contributed by atoms with E-state index in [1.807, 2.05) is 0 Å². The number of nitrogens with two attached hydrogens (primary N) is 1. The van der Waals surface area contributed by atoms with Crippen molar-refractivity contribution >= 4 is 34.2 Å². The van der Waals surface area contributed by atoms with Gasteiger partial charge in [-0.3, -0.25) is 14.3 Å². The molecular formula is C25H43N5O6Si2. The standard InChI is InChI=1S/C25H43N5O6Si2/c1-10-11-29-21-22(27-24(26)28-23(21)31)30(25(29)32)20-12-18-19(34-20)13-33-37(14(2)3,15(4)5)36-38(35-18,16(6)7)17(8)9/h10,14-20H,1,11-13H2,2-9H3,(H3,26,27,28,31)/t18-,19+,20+/m0/s1. The summed E-state index contributed by atoms with van der Waals surface area (Å²) >= 11 is 0. The molecule has 2 fully saturated rings. The van der Waals surface area contributed by atoms with Crippen LogP contribution < -0.4 is 17.0 Å². The zero-order valence-electron chi connectivity index (χ0n) is 23.8. The lowest BCUT2D eigenvalue weighted by Gasteiger charge is -2.51. The Kier molecular flexibility index (Phi) is 8.01. The second-order valence-corrected chi connectivity index (χ2v) is 20.5. The molecule has 4 rings (SSSR count). The van der Waals surface area contributed by atoms with Crippen LogP contribution in [0.1, 0.15) is 68.0 Å². The summed E-state index contributed by atoms with van der Waals surface area (Å²) in [6.45, 7) is 21.5. The fourth-order valence-corrected chi connectivity index (χ4v) is 17.3. The van der Waals surface area contributed by atoms with Crippen LogP contribution in [0.15, 0.2) is 22.2 Å². The number of nitrogens with zero attached hydrogens (tertiary/aromatic N) is 3. The van der Waals surface area contributed by atoms with E-state index in [0.717, 1.165) is 0 Å². The molecule has 2 saturated heterocycles. The molecule has 13 heteroatoms. The van der Waals surface area contributed by atoms with E-state index in [-0.39, 0.29) is 51.9 Å². The van der Waals surface area contributed by atoms with E-state index in [1.165, 1.54) is 9.13 Å². The molecule has 2 aromatic heterocycles. The van der Waals surface area contributed by atoms with Gasteiger partial charge in [0.15, 0.2) is 11.2 Å². The van der Waals surface area contributed by atoms with Gasteiger partial charge < -0.3 is 23.4 Å². The van der Waals surface area contributed by atoms with E-state index in [2.05, 4.69) is 71.9 Å². The summed E-state index contributed by atoms with van der Waals surface area (Å²) < 4.78 is 30.4. The Morgan fingerprint density at radius 2 is 1.66 bits per heavy atom. The van der Waals surface area contributed by atoms with Crippen LogP contribution in [0.5, 0.6) is 0 Å². The Balaban J connectivity index is 1.83. The molecule has 212 valence electrons. The van der Waals surface area contributed by atoms with Crippen molar-refractivity contribution in [2.75, 3.05) is 12.3 Å². The van der Waals surface area contributed by atoms with Crippen LogP contribution in [0.2, 0.25) is 22.2 Å². The molecule has 38 heavy (non-hydrogen) atoms. The Morgan fingerprint density at radius 1 is 1.05 bits per heavy atom. The van der Waals surface area contributed by atoms with Crippen molar-refractivity contribution in [1.82, 2.24) is 19.1 Å². The first-order valence-electron chi connectivity index (χ1n) is 13.6. The van der Waals surface area contributed by atoms with Crippen molar-refractivity contribution < 1.29 is 17.7 Å². The van der Waals surface area contributed by atoms with Crippen LogP contribution in [0.25, 0.3) is 11.2 Å². The summed E-state index contributed by atoms with van der Waals surface area (Å²) in [6, 6.07) is 0. The topological polar surface area (TPSA) is 136 Å². The third kappa shape index (κ3) is 4.56. The number of nitrogens with one attached hydrogen (secondary N) is 1. The molecule has 0 radical (unpaired) electrons. The molecule has 0 aliphatic carbocycles. The minimum atomic E-state index is -2.83. The number of ether oxygens (including phenoxy) is 1. The van der Waals surface area contributed by atoms with Gasteiger partial charge in [-0.25, -0.2) is 9.36 Å². The van der Waals surface area contributed by atoms with Gasteiger partial charge in [0.1, 0.15) is 12.3 Å². The molecule has 3 atom stereocenters. The SMILES string of the molecule is C=CCn1c(=O)n([C@H]2C[C@@H]3O[Si](C(C)C)(C(C)C)O[Si](C(C)C)(C(C)C)OC[C@H]3O2)c2nc(N)[nH]c(=O)c21. The summed E-state index contributed by atoms with van der Waals surface area (Å²) in [5, 5.41) is 0. The van der Waals surface area contributed by atoms with Gasteiger partial charge in [0.05, 0.1) is 12.7 Å². The lowest BCUT2D eigenvalue weighted by molar-refractivity contribution is -0.0553. The number of aromatic nitrogens is 4. The van der Waals surface area contributed by atoms with E-state index in [9.17, 15) is 9.59 Å². The average molecular weight is 566 g/mol. The van der Waals surface area contributed by atoms with Crippen molar-refractivity contribution in [2.45, 2.75) is 109 Å². The zero-order valence-corrected chi connectivity index (χ0v) is 25.8. The molecule has 0 amide bonds. The van der Waals surface area contributed by atoms with Crippen molar-refractivity contribution in [2.24, 2.45) is 0 Å². The molecule has 2 aromatic rings. The maximum atomic E-state index is 13.6. The van der Waals surface area contributed by atoms with Gasteiger partial charge in [-0.05, 0) is 22.2 Å². The second kappa shape index (κ2) is 10.5. The van der Waals surface area contributed by atoms with E-state index < -0.39 is 40.7 Å². The monoisotopic (exact) mass is 565 g/mol. The Morgan fingerprint density at radius 3 is 2.21 bits per heavy atom. The number of H-pyrrole nitrogens is 1. The molecular weight excluding hydrogens is 522 g/mol. The lowest BCUT2D eigenvalue weighted by Crippen LogP contribution is -2.65. The number of anilines is 1. The molecule has 11 nitrogen and oxygen atoms in total. The highest BCUT2D eigenvalue weighted by atomic mass is 28.5. The highest BCUT2D eigenvalue weighted by molar-refractivity contribution is 6.83. The smallest absolute Gasteiger partial charge is 0.335 e. The summed E-state index contributed by atoms with van der Waals surface area (Å²) in [5.41, 5.74) is 6.05. The van der Waals surface area contributed by atoms with Gasteiger partial charge in [0.25, 0.3) is 5.56 Å². The maximum Gasteiger partial charge on any atom is 0.335 e. The van der Waals surface area contributed by atoms with Crippen LogP contribution in [0.4, 0.5) is 5.95 Å². The third-order valence-electron chi connectivity index (χ3n) is 7.96. The number of nitrogen functional groups attached to an aromatic ring is 1. The predicted octanol–water partition coefficient (Wildman–Crippen LogP) is 3.90. The van der Waals surface area contributed by atoms with Crippen molar-refractivity contribution in [3.8, 4) is 0 Å². The first kappa shape index (κ1) is 29.0. The van der Waals surface area contributed by atoms with Gasteiger partial charge in [0.2, 0.25) is 5.95 Å². The zero-order chi connectivity index (χ0) is 28.2. The predicted molar refractivity (Wildman–Crippen MR) is 152 cm³/mol. The second-order valence-electron chi connectivity index (χ2n) is 11.7. The number of allylic oxidation sites excluding steroid dienone is 1. The van der Waals surface area contributed by atoms with Crippen molar-refractivity contribution in [1.29, 1.82) is 0 Å². The van der Waals surface area contributed by atoms with Crippen LogP contribution in [0, 0.1) is 0 Å². The number of aromatic amines is 1.